The molecule has 0 amide bonds. The van der Waals surface area contributed by atoms with E-state index in [0.717, 1.165) is 49.4 Å². The van der Waals surface area contributed by atoms with Crippen LogP contribution in [0.15, 0.2) is 60.9 Å². The average Bonchev–Trinajstić information content (AvgIpc) is 3.31. The van der Waals surface area contributed by atoms with Crippen molar-refractivity contribution in [2.24, 2.45) is 7.05 Å². The van der Waals surface area contributed by atoms with Gasteiger partial charge >= 0.3 is 0 Å². The molecule has 0 saturated carbocycles. The molecule has 1 aliphatic rings. The predicted octanol–water partition coefficient (Wildman–Crippen LogP) is 6.20. The molecule has 4 rings (SSSR count). The third-order valence-corrected chi connectivity index (χ3v) is 7.11. The zero-order valence-corrected chi connectivity index (χ0v) is 22.1. The number of ketones is 1. The van der Waals surface area contributed by atoms with Gasteiger partial charge in [-0.15, -0.1) is 0 Å². The van der Waals surface area contributed by atoms with Gasteiger partial charge in [0, 0.05) is 25.4 Å². The topological polar surface area (TPSA) is 47.4 Å². The number of carbonyl (C=O) groups is 1. The largest absolute Gasteiger partial charge is 0.492 e. The Morgan fingerprint density at radius 3 is 2.20 bits per heavy atom. The Morgan fingerprint density at radius 1 is 1.00 bits per heavy atom. The summed E-state index contributed by atoms with van der Waals surface area (Å²) in [5, 5.41) is 4.22. The molecule has 0 aliphatic carbocycles. The molecule has 188 valence electrons. The maximum Gasteiger partial charge on any atom is 0.140 e. The lowest BCUT2D eigenvalue weighted by atomic mass is 9.69. The molecule has 3 aromatic rings. The van der Waals surface area contributed by atoms with Crippen molar-refractivity contribution in [1.82, 2.24) is 14.7 Å². The van der Waals surface area contributed by atoms with Crippen LogP contribution in [0.5, 0.6) is 5.75 Å². The molecule has 2 heterocycles. The molecule has 2 aromatic carbocycles. The number of hydrogen-bond acceptors (Lipinski definition) is 4. The van der Waals surface area contributed by atoms with E-state index in [9.17, 15) is 4.79 Å². The summed E-state index contributed by atoms with van der Waals surface area (Å²) in [6.07, 6.45) is 8.24. The fraction of sp³-hybridized carbons (Fsp3) is 0.467. The number of rotatable bonds is 8. The summed E-state index contributed by atoms with van der Waals surface area (Å²) in [5.74, 6) is 1.16. The number of Topliss-reactive ketones (excluding diaryl/α,β-unsaturated/α-hetero) is 1. The number of ether oxygens (including phenoxy) is 1. The van der Waals surface area contributed by atoms with E-state index in [1.54, 1.807) is 11.6 Å². The number of aryl methyl sites for hydroxylation is 2. The predicted molar refractivity (Wildman–Crippen MR) is 144 cm³/mol. The van der Waals surface area contributed by atoms with Crippen molar-refractivity contribution >= 4 is 5.78 Å². The summed E-state index contributed by atoms with van der Waals surface area (Å²) in [5.41, 5.74) is 4.31. The van der Waals surface area contributed by atoms with Gasteiger partial charge in [0.15, 0.2) is 0 Å². The monoisotopic (exact) mass is 475 g/mol. The number of nitrogens with zero attached hydrogens (tertiary/aromatic N) is 3. The first-order valence-electron chi connectivity index (χ1n) is 12.9. The number of hydrogen-bond donors (Lipinski definition) is 0. The van der Waals surface area contributed by atoms with E-state index in [1.807, 2.05) is 43.7 Å². The van der Waals surface area contributed by atoms with Gasteiger partial charge in [-0.05, 0) is 68.6 Å². The number of aromatic nitrogens is 2. The Bertz CT molecular complexity index is 1060. The van der Waals surface area contributed by atoms with Crippen molar-refractivity contribution in [3.63, 3.8) is 0 Å². The summed E-state index contributed by atoms with van der Waals surface area (Å²) >= 11 is 0. The second kappa shape index (κ2) is 12.7. The van der Waals surface area contributed by atoms with Crippen LogP contribution < -0.4 is 4.74 Å². The molecule has 0 radical (unpaired) electrons. The van der Waals surface area contributed by atoms with Crippen LogP contribution in [0.4, 0.5) is 0 Å². The van der Waals surface area contributed by atoms with Crippen LogP contribution in [0, 0.1) is 6.92 Å². The van der Waals surface area contributed by atoms with Crippen molar-refractivity contribution < 1.29 is 9.53 Å². The number of piperidine rings is 1. The molecule has 1 saturated heterocycles. The third kappa shape index (κ3) is 6.82. The van der Waals surface area contributed by atoms with Gasteiger partial charge in [0.2, 0.25) is 0 Å². The molecule has 0 spiro atoms. The van der Waals surface area contributed by atoms with Gasteiger partial charge in [-0.2, -0.15) is 5.10 Å². The van der Waals surface area contributed by atoms with E-state index in [2.05, 4.69) is 55.0 Å². The van der Waals surface area contributed by atoms with E-state index in [4.69, 9.17) is 4.74 Å². The smallest absolute Gasteiger partial charge is 0.140 e. The normalized spacial score (nSPS) is 15.2. The molecule has 0 bridgehead atoms. The van der Waals surface area contributed by atoms with Crippen LogP contribution in [0.3, 0.4) is 0 Å². The molecule has 35 heavy (non-hydrogen) atoms. The molecule has 5 nitrogen and oxygen atoms in total. The SMILES string of the molecule is CC(=O)C1(c2ccccc2C)CCN(CCOc2ccc(-c3cnn(C)c3)cc2)CC1.CCCC. The summed E-state index contributed by atoms with van der Waals surface area (Å²) in [6, 6.07) is 16.5. The Morgan fingerprint density at radius 2 is 1.66 bits per heavy atom. The zero-order chi connectivity index (χ0) is 25.3. The van der Waals surface area contributed by atoms with Crippen molar-refractivity contribution in [3.8, 4) is 16.9 Å². The standard InChI is InChI=1S/C26H31N3O2.C4H10/c1-20-6-4-5-7-25(20)26(21(2)30)12-14-29(15-13-26)16-17-31-24-10-8-22(9-11-24)23-18-27-28(3)19-23;1-3-4-2/h4-11,18-19H,12-17H2,1-3H3;3-4H2,1-2H3. The minimum atomic E-state index is -0.342. The van der Waals surface area contributed by atoms with Gasteiger partial charge in [-0.3, -0.25) is 14.4 Å². The number of carbonyl (C=O) groups excluding carboxylic acids is 1. The second-order valence-electron chi connectivity index (χ2n) is 9.57. The minimum Gasteiger partial charge on any atom is -0.492 e. The van der Waals surface area contributed by atoms with Crippen LogP contribution >= 0.6 is 0 Å². The maximum atomic E-state index is 12.7. The molecule has 1 aromatic heterocycles. The number of unbranched alkanes of at least 4 members (excludes halogenated alkanes) is 1. The second-order valence-corrected chi connectivity index (χ2v) is 9.57. The van der Waals surface area contributed by atoms with E-state index in [0.29, 0.717) is 6.61 Å². The van der Waals surface area contributed by atoms with Crippen LogP contribution in [0.2, 0.25) is 0 Å². The highest BCUT2D eigenvalue weighted by Gasteiger charge is 2.41. The van der Waals surface area contributed by atoms with Gasteiger partial charge < -0.3 is 4.74 Å². The lowest BCUT2D eigenvalue weighted by Gasteiger charge is -2.41. The fourth-order valence-corrected chi connectivity index (χ4v) is 4.69. The highest BCUT2D eigenvalue weighted by molar-refractivity contribution is 5.88. The van der Waals surface area contributed by atoms with Crippen LogP contribution in [-0.2, 0) is 17.3 Å². The highest BCUT2D eigenvalue weighted by atomic mass is 16.5. The Labute approximate surface area is 211 Å². The van der Waals surface area contributed by atoms with Crippen molar-refractivity contribution in [3.05, 3.63) is 72.1 Å². The molecule has 0 unspecified atom stereocenters. The van der Waals surface area contributed by atoms with Gasteiger partial charge in [0.05, 0.1) is 11.6 Å². The first kappa shape index (κ1) is 26.7. The Balaban J connectivity index is 0.000000795. The lowest BCUT2D eigenvalue weighted by molar-refractivity contribution is -0.124. The summed E-state index contributed by atoms with van der Waals surface area (Å²) < 4.78 is 7.78. The number of benzene rings is 2. The average molecular weight is 476 g/mol. The lowest BCUT2D eigenvalue weighted by Crippen LogP contribution is -2.47. The summed E-state index contributed by atoms with van der Waals surface area (Å²) in [7, 11) is 1.92. The molecule has 1 fully saturated rings. The highest BCUT2D eigenvalue weighted by Crippen LogP contribution is 2.38. The van der Waals surface area contributed by atoms with Gasteiger partial charge in [0.1, 0.15) is 18.1 Å². The third-order valence-electron chi connectivity index (χ3n) is 7.11. The summed E-state index contributed by atoms with van der Waals surface area (Å²) in [4.78, 5) is 15.1. The van der Waals surface area contributed by atoms with E-state index < -0.39 is 0 Å². The molecule has 5 heteroatoms. The van der Waals surface area contributed by atoms with Crippen molar-refractivity contribution in [1.29, 1.82) is 0 Å². The van der Waals surface area contributed by atoms with Crippen LogP contribution in [-0.4, -0.2) is 46.7 Å². The quantitative estimate of drug-likeness (QED) is 0.389. The van der Waals surface area contributed by atoms with Crippen molar-refractivity contribution in [2.45, 2.75) is 58.8 Å². The van der Waals surface area contributed by atoms with E-state index in [1.165, 1.54) is 24.0 Å². The Kier molecular flexibility index (Phi) is 9.67. The first-order valence-corrected chi connectivity index (χ1v) is 12.9. The molecular formula is C30H41N3O2. The Hall–Kier alpha value is -2.92. The zero-order valence-electron chi connectivity index (χ0n) is 22.1. The van der Waals surface area contributed by atoms with Gasteiger partial charge in [0.25, 0.3) is 0 Å². The van der Waals surface area contributed by atoms with E-state index >= 15 is 0 Å². The summed E-state index contributed by atoms with van der Waals surface area (Å²) in [6.45, 7) is 11.6. The number of likely N-dealkylation sites (tertiary alicyclic amines) is 1. The van der Waals surface area contributed by atoms with E-state index in [-0.39, 0.29) is 11.2 Å². The molecule has 1 aliphatic heterocycles. The molecule has 0 N–H and O–H groups in total. The van der Waals surface area contributed by atoms with Gasteiger partial charge in [-0.1, -0.05) is 63.1 Å². The van der Waals surface area contributed by atoms with Crippen LogP contribution in [0.25, 0.3) is 11.1 Å². The van der Waals surface area contributed by atoms with Crippen molar-refractivity contribution in [2.75, 3.05) is 26.2 Å². The maximum absolute atomic E-state index is 12.7. The van der Waals surface area contributed by atoms with Crippen LogP contribution in [0.1, 0.15) is 57.6 Å². The molecular weight excluding hydrogens is 434 g/mol. The van der Waals surface area contributed by atoms with Gasteiger partial charge in [-0.25, -0.2) is 0 Å². The fourth-order valence-electron chi connectivity index (χ4n) is 4.69. The minimum absolute atomic E-state index is 0.284. The first-order chi connectivity index (χ1) is 16.9. The molecule has 0 atom stereocenters.